The number of unbranched alkanes of at least 4 members (excludes halogenated alkanes) is 15. The Morgan fingerprint density at radius 1 is 0.304 bits per heavy atom. The lowest BCUT2D eigenvalue weighted by Crippen LogP contribution is -2.23. The summed E-state index contributed by atoms with van der Waals surface area (Å²) in [5.74, 6) is -4.21. The van der Waals surface area contributed by atoms with Crippen LogP contribution >= 0.6 is 0 Å². The lowest BCUT2D eigenvalue weighted by molar-refractivity contribution is -0.139. The lowest BCUT2D eigenvalue weighted by Gasteiger charge is -2.03. The molecule has 406 valence electrons. The van der Waals surface area contributed by atoms with Gasteiger partial charge < -0.3 is 52.7 Å². The van der Waals surface area contributed by atoms with E-state index in [-0.39, 0.29) is 50.3 Å². The summed E-state index contributed by atoms with van der Waals surface area (Å²) in [6, 6.07) is 0. The van der Waals surface area contributed by atoms with Crippen LogP contribution in [0.25, 0.3) is 0 Å². The second kappa shape index (κ2) is 59.8. The molecule has 2 saturated heterocycles. The molecule has 69 heavy (non-hydrogen) atoms. The number of carboxylic acid groups (broad SMARTS) is 6. The number of nitrogens with one attached hydrogen (secondary N) is 2. The van der Waals surface area contributed by atoms with E-state index in [4.69, 9.17) is 42.1 Å². The molecule has 0 saturated carbocycles. The fraction of sp³-hybridized carbons (Fsp3) is 0.843. The molecule has 0 radical (unpaired) electrons. The fourth-order valence-corrected chi connectivity index (χ4v) is 6.76. The largest absolute Gasteiger partial charge is 0.481 e. The van der Waals surface area contributed by atoms with Gasteiger partial charge in [-0.3, -0.25) is 38.4 Å². The molecule has 0 aliphatic carbocycles. The molecule has 2 amide bonds. The van der Waals surface area contributed by atoms with E-state index in [1.165, 1.54) is 64.2 Å². The van der Waals surface area contributed by atoms with Gasteiger partial charge >= 0.3 is 35.8 Å². The number of hydrogen-bond acceptors (Lipinski definition) is 10. The van der Waals surface area contributed by atoms with Crippen molar-refractivity contribution in [2.24, 2.45) is 11.5 Å². The van der Waals surface area contributed by atoms with Crippen LogP contribution in [0.5, 0.6) is 0 Å². The molecule has 18 nitrogen and oxygen atoms in total. The van der Waals surface area contributed by atoms with Crippen LogP contribution in [0.4, 0.5) is 0 Å². The van der Waals surface area contributed by atoms with Gasteiger partial charge in [0, 0.05) is 64.5 Å². The van der Waals surface area contributed by atoms with Gasteiger partial charge in [0.2, 0.25) is 11.8 Å². The zero-order valence-electron chi connectivity index (χ0n) is 42.5. The van der Waals surface area contributed by atoms with Crippen molar-refractivity contribution in [2.45, 2.75) is 250 Å². The molecular weight excluding hydrogens is 893 g/mol. The molecule has 2 aliphatic rings. The van der Waals surface area contributed by atoms with E-state index in [0.29, 0.717) is 25.7 Å². The number of nitrogens with two attached hydrogens (primary N) is 2. The summed E-state index contributed by atoms with van der Waals surface area (Å²) in [7, 11) is 0. The molecule has 0 aromatic carbocycles. The number of carbonyl (C=O) groups excluding carboxylic acids is 2. The van der Waals surface area contributed by atoms with Crippen molar-refractivity contribution in [3.8, 4) is 0 Å². The maximum atomic E-state index is 11.3. The predicted molar refractivity (Wildman–Crippen MR) is 270 cm³/mol. The van der Waals surface area contributed by atoms with Crippen molar-refractivity contribution in [1.82, 2.24) is 10.6 Å². The summed E-state index contributed by atoms with van der Waals surface area (Å²) in [5.41, 5.74) is 10.6. The molecule has 2 fully saturated rings. The van der Waals surface area contributed by atoms with Crippen LogP contribution in [0.15, 0.2) is 0 Å². The summed E-state index contributed by atoms with van der Waals surface area (Å²) in [4.78, 5) is 82.3. The smallest absolute Gasteiger partial charge is 0.303 e. The summed E-state index contributed by atoms with van der Waals surface area (Å²) in [5, 5.41) is 55.5. The third kappa shape index (κ3) is 81.0. The van der Waals surface area contributed by atoms with Gasteiger partial charge in [0.1, 0.15) is 0 Å². The quantitative estimate of drug-likeness (QED) is 0.0312. The van der Waals surface area contributed by atoms with Crippen LogP contribution < -0.4 is 22.1 Å². The third-order valence-corrected chi connectivity index (χ3v) is 10.8. The number of rotatable bonds is 29. The zero-order chi connectivity index (χ0) is 52.4. The predicted octanol–water partition coefficient (Wildman–Crippen LogP) is 9.82. The van der Waals surface area contributed by atoms with Gasteiger partial charge in [-0.25, -0.2) is 0 Å². The van der Waals surface area contributed by atoms with Crippen LogP contribution in [0.3, 0.4) is 0 Å². The standard InChI is InChI=1S/C12H23NO.C12H22O4.C9H16O4.C6H16N2.C6H11NO.C6H10O4/c14-12-10-8-6-4-2-1-3-5-7-9-11-13-12;13-11(14)9-7-5-3-1-2-4-6-8-10-12(15)16;10-8(11)6-4-2-1-3-5-7-9(12)13;7-5-3-1-2-4-6-8;8-6-4-2-1-3-5-7-6;7-5(8)3-1-2-4-6(9)10/h1-11H2,(H,13,14);1-10H2,(H,13,14)(H,15,16);1-7H2,(H,10,11)(H,12,13);1-8H2;1-5H2,(H,7,8);1-4H2,(H,7,8)(H,9,10). The molecule has 12 N–H and O–H groups in total. The lowest BCUT2D eigenvalue weighted by atomic mass is 10.1. The molecular formula is C51H98N4O14. The Bertz CT molecular complexity index is 1170. The second-order valence-corrected chi connectivity index (χ2v) is 17.6. The second-order valence-electron chi connectivity index (χ2n) is 17.6. The van der Waals surface area contributed by atoms with E-state index in [1.807, 2.05) is 0 Å². The Morgan fingerprint density at radius 2 is 0.493 bits per heavy atom. The monoisotopic (exact) mass is 991 g/mol. The molecule has 2 heterocycles. The van der Waals surface area contributed by atoms with Crippen molar-refractivity contribution in [2.75, 3.05) is 26.2 Å². The van der Waals surface area contributed by atoms with Crippen LogP contribution in [0, 0.1) is 0 Å². The number of hydrogen-bond donors (Lipinski definition) is 10. The van der Waals surface area contributed by atoms with Gasteiger partial charge in [0.15, 0.2) is 0 Å². The first-order valence-electron chi connectivity index (χ1n) is 26.3. The summed E-state index contributed by atoms with van der Waals surface area (Å²) >= 11 is 0. The number of amides is 2. The summed E-state index contributed by atoms with van der Waals surface area (Å²) in [6.45, 7) is 3.42. The minimum Gasteiger partial charge on any atom is -0.481 e. The van der Waals surface area contributed by atoms with Crippen LogP contribution in [-0.2, 0) is 38.4 Å². The van der Waals surface area contributed by atoms with Gasteiger partial charge in [-0.05, 0) is 90.1 Å². The van der Waals surface area contributed by atoms with Crippen molar-refractivity contribution >= 4 is 47.6 Å². The van der Waals surface area contributed by atoms with E-state index in [1.54, 1.807) is 0 Å². The molecule has 0 unspecified atom stereocenters. The van der Waals surface area contributed by atoms with Crippen LogP contribution in [0.1, 0.15) is 250 Å². The molecule has 0 atom stereocenters. The number of aliphatic carboxylic acids is 6. The Hall–Kier alpha value is -4.32. The Labute approximate surface area is 414 Å². The molecule has 0 aromatic heterocycles. The topological polar surface area (TPSA) is 334 Å². The molecule has 2 aliphatic heterocycles. The minimum absolute atomic E-state index is 0.0628. The highest BCUT2D eigenvalue weighted by Gasteiger charge is 2.05. The van der Waals surface area contributed by atoms with Crippen LogP contribution in [-0.4, -0.2) is 104 Å². The van der Waals surface area contributed by atoms with Gasteiger partial charge in [-0.1, -0.05) is 122 Å². The highest BCUT2D eigenvalue weighted by Crippen LogP contribution is 2.12. The van der Waals surface area contributed by atoms with Gasteiger partial charge in [0.25, 0.3) is 0 Å². The molecule has 2 rings (SSSR count). The summed E-state index contributed by atoms with van der Waals surface area (Å²) < 4.78 is 0. The molecule has 0 spiro atoms. The van der Waals surface area contributed by atoms with Crippen molar-refractivity contribution in [3.05, 3.63) is 0 Å². The van der Waals surface area contributed by atoms with Crippen molar-refractivity contribution in [3.63, 3.8) is 0 Å². The SMILES string of the molecule is NCCCCCCN.O=C(O)CCCCC(=O)O.O=C(O)CCCCCCCC(=O)O.O=C(O)CCCCCCCCCCC(=O)O.O=C1CCCCCCCCCCCN1.O=C1CCCCCN1. The van der Waals surface area contributed by atoms with E-state index in [0.717, 1.165) is 148 Å². The Morgan fingerprint density at radius 3 is 0.739 bits per heavy atom. The van der Waals surface area contributed by atoms with Crippen molar-refractivity contribution in [1.29, 1.82) is 0 Å². The summed E-state index contributed by atoms with van der Waals surface area (Å²) in [6.07, 6.45) is 35.3. The van der Waals surface area contributed by atoms with E-state index < -0.39 is 35.8 Å². The Kier molecular flexibility index (Phi) is 61.7. The minimum atomic E-state index is -0.870. The average molecular weight is 991 g/mol. The maximum absolute atomic E-state index is 11.3. The van der Waals surface area contributed by atoms with Gasteiger partial charge in [-0.15, -0.1) is 0 Å². The number of carbonyl (C=O) groups is 8. The normalized spacial score (nSPS) is 13.8. The first-order valence-corrected chi connectivity index (χ1v) is 26.3. The van der Waals surface area contributed by atoms with Crippen molar-refractivity contribution < 1.29 is 69.0 Å². The molecule has 18 heteroatoms. The van der Waals surface area contributed by atoms with Gasteiger partial charge in [-0.2, -0.15) is 0 Å². The molecule has 0 aromatic rings. The van der Waals surface area contributed by atoms with E-state index >= 15 is 0 Å². The highest BCUT2D eigenvalue weighted by atomic mass is 16.4. The highest BCUT2D eigenvalue weighted by molar-refractivity contribution is 5.76. The Balaban J connectivity index is -0.000000374. The maximum Gasteiger partial charge on any atom is 0.303 e. The van der Waals surface area contributed by atoms with E-state index in [9.17, 15) is 38.4 Å². The third-order valence-electron chi connectivity index (χ3n) is 10.8. The van der Waals surface area contributed by atoms with Crippen LogP contribution in [0.2, 0.25) is 0 Å². The fourth-order valence-electron chi connectivity index (χ4n) is 6.76. The van der Waals surface area contributed by atoms with Gasteiger partial charge in [0.05, 0.1) is 0 Å². The first-order chi connectivity index (χ1) is 33.1. The number of carboxylic acids is 6. The average Bonchev–Trinajstić information content (AvgIpc) is 3.53. The molecule has 0 bridgehead atoms. The first kappa shape index (κ1) is 71.2. The van der Waals surface area contributed by atoms with E-state index in [2.05, 4.69) is 10.6 Å². The zero-order valence-corrected chi connectivity index (χ0v) is 42.5.